The molecule has 0 aromatic heterocycles. The van der Waals surface area contributed by atoms with Crippen LogP contribution in [0.4, 0.5) is 0 Å². The summed E-state index contributed by atoms with van der Waals surface area (Å²) in [5.41, 5.74) is 1.07. The van der Waals surface area contributed by atoms with E-state index in [4.69, 9.17) is 4.74 Å². The van der Waals surface area contributed by atoms with Crippen LogP contribution in [-0.2, 0) is 14.3 Å². The maximum Gasteiger partial charge on any atom is 0.310 e. The largest absolute Gasteiger partial charge is 0.469 e. The van der Waals surface area contributed by atoms with Crippen LogP contribution >= 0.6 is 0 Å². The van der Waals surface area contributed by atoms with Gasteiger partial charge in [0.25, 0.3) is 0 Å². The summed E-state index contributed by atoms with van der Waals surface area (Å²) in [5.74, 6) is -1.07. The Hall–Kier alpha value is -2.16. The predicted octanol–water partition coefficient (Wildman–Crippen LogP) is 3.13. The highest BCUT2D eigenvalue weighted by atomic mass is 16.5. The second-order valence-corrected chi connectivity index (χ2v) is 5.33. The van der Waals surface area contributed by atoms with E-state index in [9.17, 15) is 9.59 Å². The lowest BCUT2D eigenvalue weighted by atomic mass is 9.87. The lowest BCUT2D eigenvalue weighted by Gasteiger charge is -2.17. The normalized spacial score (nSPS) is 28.4. The molecule has 1 aromatic rings. The van der Waals surface area contributed by atoms with Crippen molar-refractivity contribution in [1.29, 1.82) is 0 Å². The lowest BCUT2D eigenvalue weighted by molar-refractivity contribution is -0.148. The highest BCUT2D eigenvalue weighted by molar-refractivity contribution is 5.78. The van der Waals surface area contributed by atoms with Crippen LogP contribution < -0.4 is 0 Å². The van der Waals surface area contributed by atoms with E-state index in [1.165, 1.54) is 7.11 Å². The van der Waals surface area contributed by atoms with E-state index in [1.54, 1.807) is 6.08 Å². The molecule has 110 valence electrons. The first-order valence-corrected chi connectivity index (χ1v) is 7.10. The van der Waals surface area contributed by atoms with E-state index in [-0.39, 0.29) is 23.7 Å². The number of carbonyl (C=O) groups excluding carboxylic acids is 2. The molecular formula is C18H20O3. The molecule has 1 aromatic carbocycles. The average molecular weight is 284 g/mol. The minimum Gasteiger partial charge on any atom is -0.469 e. The van der Waals surface area contributed by atoms with E-state index in [0.717, 1.165) is 18.3 Å². The number of esters is 1. The standard InChI is InChI=1S/C18H20O3/c1-3-14-11-15(10-9-13-7-5-4-6-8-13)17(16(14)12-19)18(20)21-2/h3-10,12,14-17H,1,11H2,2H3/b10-9+/t14-,15?,16?,17+/m0/s1. The molecule has 0 aliphatic heterocycles. The third-order valence-electron chi connectivity index (χ3n) is 4.18. The van der Waals surface area contributed by atoms with Gasteiger partial charge in [0.05, 0.1) is 13.0 Å². The number of allylic oxidation sites excluding steroid dienone is 2. The zero-order valence-corrected chi connectivity index (χ0v) is 12.1. The van der Waals surface area contributed by atoms with Crippen molar-refractivity contribution in [2.45, 2.75) is 6.42 Å². The molecule has 1 aliphatic rings. The first kappa shape index (κ1) is 15.2. The van der Waals surface area contributed by atoms with Gasteiger partial charge in [0.2, 0.25) is 0 Å². The molecule has 1 fully saturated rings. The summed E-state index contributed by atoms with van der Waals surface area (Å²) in [5, 5.41) is 0. The van der Waals surface area contributed by atoms with Crippen LogP contribution in [0.5, 0.6) is 0 Å². The van der Waals surface area contributed by atoms with E-state index in [1.807, 2.05) is 42.5 Å². The van der Waals surface area contributed by atoms with Crippen LogP contribution in [-0.4, -0.2) is 19.4 Å². The van der Waals surface area contributed by atoms with Gasteiger partial charge in [-0.3, -0.25) is 4.79 Å². The monoisotopic (exact) mass is 284 g/mol. The maximum absolute atomic E-state index is 12.0. The van der Waals surface area contributed by atoms with Crippen molar-refractivity contribution in [1.82, 2.24) is 0 Å². The Balaban J connectivity index is 2.23. The van der Waals surface area contributed by atoms with Crippen molar-refractivity contribution >= 4 is 18.3 Å². The fourth-order valence-electron chi connectivity index (χ4n) is 3.07. The molecule has 0 amide bonds. The van der Waals surface area contributed by atoms with Crippen LogP contribution in [0.25, 0.3) is 6.08 Å². The molecule has 0 radical (unpaired) electrons. The molecule has 0 heterocycles. The van der Waals surface area contributed by atoms with Gasteiger partial charge in [-0.05, 0) is 23.8 Å². The predicted molar refractivity (Wildman–Crippen MR) is 82.3 cm³/mol. The zero-order chi connectivity index (χ0) is 15.2. The highest BCUT2D eigenvalue weighted by Gasteiger charge is 2.45. The summed E-state index contributed by atoms with van der Waals surface area (Å²) in [6.45, 7) is 3.78. The summed E-state index contributed by atoms with van der Waals surface area (Å²) < 4.78 is 4.88. The van der Waals surface area contributed by atoms with Gasteiger partial charge < -0.3 is 9.53 Å². The molecular weight excluding hydrogens is 264 g/mol. The van der Waals surface area contributed by atoms with Crippen LogP contribution in [0.3, 0.4) is 0 Å². The number of benzene rings is 1. The van der Waals surface area contributed by atoms with Crippen LogP contribution in [0.2, 0.25) is 0 Å². The Labute approximate surface area is 125 Å². The Kier molecular flexibility index (Phi) is 5.09. The second kappa shape index (κ2) is 7.02. The Bertz CT molecular complexity index is 533. The maximum atomic E-state index is 12.0. The van der Waals surface area contributed by atoms with Crippen LogP contribution in [0.1, 0.15) is 12.0 Å². The van der Waals surface area contributed by atoms with Crippen molar-refractivity contribution in [3.05, 3.63) is 54.6 Å². The summed E-state index contributed by atoms with van der Waals surface area (Å²) >= 11 is 0. The second-order valence-electron chi connectivity index (χ2n) is 5.33. The van der Waals surface area contributed by atoms with Crippen molar-refractivity contribution in [2.24, 2.45) is 23.7 Å². The molecule has 0 N–H and O–H groups in total. The molecule has 21 heavy (non-hydrogen) atoms. The molecule has 2 rings (SSSR count). The van der Waals surface area contributed by atoms with Crippen molar-refractivity contribution in [3.63, 3.8) is 0 Å². The Morgan fingerprint density at radius 1 is 1.29 bits per heavy atom. The van der Waals surface area contributed by atoms with Gasteiger partial charge >= 0.3 is 5.97 Å². The number of aldehydes is 1. The van der Waals surface area contributed by atoms with Crippen molar-refractivity contribution < 1.29 is 14.3 Å². The van der Waals surface area contributed by atoms with Gasteiger partial charge in [-0.2, -0.15) is 0 Å². The minimum atomic E-state index is -0.421. The summed E-state index contributed by atoms with van der Waals surface area (Å²) in [7, 11) is 1.36. The van der Waals surface area contributed by atoms with Crippen molar-refractivity contribution in [3.8, 4) is 0 Å². The fraction of sp³-hybridized carbons (Fsp3) is 0.333. The Morgan fingerprint density at radius 3 is 2.57 bits per heavy atom. The number of methoxy groups -OCH3 is 1. The van der Waals surface area contributed by atoms with E-state index in [2.05, 4.69) is 6.58 Å². The van der Waals surface area contributed by atoms with Gasteiger partial charge in [0.15, 0.2) is 0 Å². The number of ether oxygens (including phenoxy) is 1. The Morgan fingerprint density at radius 2 is 2.00 bits per heavy atom. The molecule has 0 bridgehead atoms. The first-order chi connectivity index (χ1) is 10.2. The lowest BCUT2D eigenvalue weighted by Crippen LogP contribution is -2.27. The quantitative estimate of drug-likeness (QED) is 0.474. The minimum absolute atomic E-state index is 0.00384. The summed E-state index contributed by atoms with van der Waals surface area (Å²) in [4.78, 5) is 23.4. The fourth-order valence-corrected chi connectivity index (χ4v) is 3.07. The van der Waals surface area contributed by atoms with Gasteiger partial charge in [-0.25, -0.2) is 0 Å². The topological polar surface area (TPSA) is 43.4 Å². The molecule has 2 unspecified atom stereocenters. The SMILES string of the molecule is C=C[C@H]1CC(/C=C/c2ccccc2)[C@@H](C(=O)OC)C1C=O. The number of hydrogen-bond acceptors (Lipinski definition) is 3. The molecule has 3 nitrogen and oxygen atoms in total. The smallest absolute Gasteiger partial charge is 0.310 e. The highest BCUT2D eigenvalue weighted by Crippen LogP contribution is 2.42. The summed E-state index contributed by atoms with van der Waals surface area (Å²) in [6, 6.07) is 9.89. The zero-order valence-electron chi connectivity index (χ0n) is 12.1. The third kappa shape index (κ3) is 3.30. The number of rotatable bonds is 5. The average Bonchev–Trinajstić information content (AvgIpc) is 2.90. The van der Waals surface area contributed by atoms with Gasteiger partial charge in [-0.1, -0.05) is 48.6 Å². The summed E-state index contributed by atoms with van der Waals surface area (Å²) in [6.07, 6.45) is 7.39. The molecule has 1 aliphatic carbocycles. The van der Waals surface area contributed by atoms with E-state index >= 15 is 0 Å². The van der Waals surface area contributed by atoms with Gasteiger partial charge in [0, 0.05) is 5.92 Å². The number of carbonyl (C=O) groups is 2. The van der Waals surface area contributed by atoms with E-state index < -0.39 is 5.92 Å². The first-order valence-electron chi connectivity index (χ1n) is 7.10. The van der Waals surface area contributed by atoms with Gasteiger partial charge in [-0.15, -0.1) is 6.58 Å². The van der Waals surface area contributed by atoms with Crippen LogP contribution in [0, 0.1) is 23.7 Å². The van der Waals surface area contributed by atoms with Crippen LogP contribution in [0.15, 0.2) is 49.1 Å². The third-order valence-corrected chi connectivity index (χ3v) is 4.18. The molecule has 1 saturated carbocycles. The van der Waals surface area contributed by atoms with Crippen molar-refractivity contribution in [2.75, 3.05) is 7.11 Å². The molecule has 0 spiro atoms. The van der Waals surface area contributed by atoms with Gasteiger partial charge in [0.1, 0.15) is 6.29 Å². The molecule has 3 heteroatoms. The molecule has 4 atom stereocenters. The molecule has 0 saturated heterocycles. The number of hydrogen-bond donors (Lipinski definition) is 0. The van der Waals surface area contributed by atoms with E-state index in [0.29, 0.717) is 0 Å².